The molecule has 228 valence electrons. The van der Waals surface area contributed by atoms with E-state index in [1.54, 1.807) is 17.2 Å². The van der Waals surface area contributed by atoms with E-state index in [1.165, 1.54) is 16.7 Å². The van der Waals surface area contributed by atoms with Crippen LogP contribution in [0.3, 0.4) is 0 Å². The van der Waals surface area contributed by atoms with Crippen molar-refractivity contribution < 1.29 is 18.3 Å². The molecule has 0 aliphatic carbocycles. The van der Waals surface area contributed by atoms with Crippen LogP contribution in [0, 0.1) is 18.6 Å². The average molecular weight is 642 g/mol. The van der Waals surface area contributed by atoms with Crippen molar-refractivity contribution in [1.29, 1.82) is 0 Å². The number of hydrogen-bond donors (Lipinski definition) is 1. The second-order valence-corrected chi connectivity index (χ2v) is 11.9. The summed E-state index contributed by atoms with van der Waals surface area (Å²) < 4.78 is 39.8. The fourth-order valence-corrected chi connectivity index (χ4v) is 6.46. The van der Waals surface area contributed by atoms with E-state index < -0.39 is 23.4 Å². The van der Waals surface area contributed by atoms with Gasteiger partial charge in [-0.25, -0.2) is 13.6 Å². The third-order valence-corrected chi connectivity index (χ3v) is 8.71. The highest BCUT2D eigenvalue weighted by Crippen LogP contribution is 2.47. The molecule has 44 heavy (non-hydrogen) atoms. The van der Waals surface area contributed by atoms with Crippen LogP contribution >= 0.6 is 23.2 Å². The molecule has 1 unspecified atom stereocenters. The number of nitrogens with zero attached hydrogens (tertiary/aromatic N) is 5. The van der Waals surface area contributed by atoms with Gasteiger partial charge in [0.25, 0.3) is 0 Å². The minimum atomic E-state index is -0.979. The molecule has 2 aromatic carbocycles. The molecule has 4 aromatic rings. The number of aryl methyl sites for hydroxylation is 1. The van der Waals surface area contributed by atoms with E-state index in [4.69, 9.17) is 33.7 Å². The molecule has 0 spiro atoms. The first-order chi connectivity index (χ1) is 20.9. The summed E-state index contributed by atoms with van der Waals surface area (Å²) in [6.45, 7) is 10.1. The van der Waals surface area contributed by atoms with Crippen LogP contribution in [-0.2, 0) is 4.79 Å². The average Bonchev–Trinajstić information content (AvgIpc) is 3.15. The van der Waals surface area contributed by atoms with E-state index in [-0.39, 0.29) is 74.3 Å². The minimum absolute atomic E-state index is 0.0572. The maximum atomic E-state index is 16.7. The molecule has 1 saturated heterocycles. The Kier molecular flexibility index (Phi) is 7.49. The summed E-state index contributed by atoms with van der Waals surface area (Å²) in [4.78, 5) is 39.0. The number of ether oxygens (including phenoxy) is 1. The largest absolute Gasteiger partial charge is 0.487 e. The zero-order chi connectivity index (χ0) is 31.6. The molecule has 1 amide bonds. The number of anilines is 2. The number of nitrogens with two attached hydrogens (primary N) is 1. The minimum Gasteiger partial charge on any atom is -0.487 e. The van der Waals surface area contributed by atoms with Gasteiger partial charge in [-0.2, -0.15) is 4.98 Å². The molecule has 9 nitrogen and oxygen atoms in total. The number of pyridine rings is 1. The van der Waals surface area contributed by atoms with Crippen LogP contribution in [0.2, 0.25) is 10.0 Å². The lowest BCUT2D eigenvalue weighted by Crippen LogP contribution is -2.56. The van der Waals surface area contributed by atoms with E-state index in [0.29, 0.717) is 24.5 Å². The van der Waals surface area contributed by atoms with Gasteiger partial charge in [-0.15, -0.1) is 0 Å². The number of carbonyl (C=O) groups is 1. The van der Waals surface area contributed by atoms with E-state index >= 15 is 8.78 Å². The molecule has 0 radical (unpaired) electrons. The van der Waals surface area contributed by atoms with Gasteiger partial charge in [-0.05, 0) is 42.7 Å². The smallest absolute Gasteiger partial charge is 0.354 e. The van der Waals surface area contributed by atoms with Crippen LogP contribution in [0.5, 0.6) is 5.75 Å². The molecule has 4 heterocycles. The van der Waals surface area contributed by atoms with Gasteiger partial charge >= 0.3 is 5.69 Å². The first-order valence-corrected chi connectivity index (χ1v) is 14.7. The Balaban J connectivity index is 1.74. The van der Waals surface area contributed by atoms with Crippen molar-refractivity contribution in [2.45, 2.75) is 32.7 Å². The van der Waals surface area contributed by atoms with E-state index in [9.17, 15) is 9.59 Å². The highest BCUT2D eigenvalue weighted by Gasteiger charge is 2.37. The third kappa shape index (κ3) is 4.57. The van der Waals surface area contributed by atoms with Crippen LogP contribution < -0.4 is 21.1 Å². The van der Waals surface area contributed by atoms with Gasteiger partial charge in [0.05, 0.1) is 44.1 Å². The normalized spacial score (nSPS) is 16.1. The first kappa shape index (κ1) is 29.8. The molecule has 13 heteroatoms. The second kappa shape index (κ2) is 11.0. The number of rotatable bonds is 4. The molecule has 2 aliphatic rings. The van der Waals surface area contributed by atoms with Gasteiger partial charge in [-0.3, -0.25) is 14.3 Å². The lowest BCUT2D eigenvalue weighted by molar-refractivity contribution is -0.126. The number of piperazine rings is 1. The van der Waals surface area contributed by atoms with E-state index in [0.717, 1.165) is 11.6 Å². The van der Waals surface area contributed by atoms with Crippen molar-refractivity contribution >= 4 is 51.5 Å². The summed E-state index contributed by atoms with van der Waals surface area (Å²) in [5.41, 5.74) is 6.64. The van der Waals surface area contributed by atoms with E-state index in [2.05, 4.69) is 16.5 Å². The summed E-state index contributed by atoms with van der Waals surface area (Å²) in [7, 11) is 0. The van der Waals surface area contributed by atoms with Gasteiger partial charge in [0.15, 0.2) is 17.4 Å². The zero-order valence-corrected chi connectivity index (χ0v) is 25.6. The SMILES string of the molecule is C=CC(=O)N1CCN2c3nc(=O)n(-c4c(C)ccnc4C(C)C)c4cc(-c5c(N)c(Cl)cc(Cl)c5F)c(F)c(c34)OCC2C1. The number of benzene rings is 2. The van der Waals surface area contributed by atoms with Crippen LogP contribution in [0.1, 0.15) is 31.0 Å². The Morgan fingerprint density at radius 2 is 1.95 bits per heavy atom. The summed E-state index contributed by atoms with van der Waals surface area (Å²) in [5.74, 6) is -2.32. The van der Waals surface area contributed by atoms with Crippen molar-refractivity contribution in [3.63, 3.8) is 0 Å². The second-order valence-electron chi connectivity index (χ2n) is 11.1. The predicted octanol–water partition coefficient (Wildman–Crippen LogP) is 5.64. The maximum Gasteiger partial charge on any atom is 0.354 e. The summed E-state index contributed by atoms with van der Waals surface area (Å²) >= 11 is 12.4. The molecular weight excluding hydrogens is 613 g/mol. The molecule has 0 bridgehead atoms. The number of amides is 1. The Morgan fingerprint density at radius 1 is 1.20 bits per heavy atom. The van der Waals surface area contributed by atoms with Crippen molar-refractivity contribution in [2.24, 2.45) is 0 Å². The number of nitrogen functional groups attached to an aromatic ring is 1. The van der Waals surface area contributed by atoms with E-state index in [1.807, 2.05) is 25.7 Å². The highest BCUT2D eigenvalue weighted by molar-refractivity contribution is 6.37. The molecule has 6 rings (SSSR count). The molecular formula is C31H28Cl2F2N6O3. The third-order valence-electron chi connectivity index (χ3n) is 8.12. The van der Waals surface area contributed by atoms with Crippen molar-refractivity contribution in [1.82, 2.24) is 19.4 Å². The van der Waals surface area contributed by atoms with Crippen molar-refractivity contribution in [3.8, 4) is 22.6 Å². The van der Waals surface area contributed by atoms with Crippen molar-refractivity contribution in [3.05, 3.63) is 80.5 Å². The monoisotopic (exact) mass is 640 g/mol. The van der Waals surface area contributed by atoms with Gasteiger partial charge < -0.3 is 20.3 Å². The molecule has 2 aliphatic heterocycles. The number of hydrogen-bond acceptors (Lipinski definition) is 7. The number of fused-ring (bicyclic) bond motifs is 2. The van der Waals surface area contributed by atoms with Gasteiger partial charge in [-0.1, -0.05) is 43.6 Å². The Bertz CT molecular complexity index is 1920. The summed E-state index contributed by atoms with van der Waals surface area (Å²) in [6.07, 6.45) is 2.87. The Morgan fingerprint density at radius 3 is 2.66 bits per heavy atom. The standard InChI is InChI=1S/C31H28Cl2F2N6O3/c1-5-21(42)39-8-9-40-16(12-39)13-44-29-23-20(10-17(24(29)34)22-25(35)18(32)11-19(33)26(22)36)41(31(43)38-30(23)40)28-15(4)6-7-37-27(28)14(2)3/h5-7,10-11,14,16H,1,8-9,12-13,36H2,2-4H3. The Labute approximate surface area is 261 Å². The Hall–Kier alpha value is -4.22. The quantitative estimate of drug-likeness (QED) is 0.175. The van der Waals surface area contributed by atoms with Crippen molar-refractivity contribution in [2.75, 3.05) is 36.9 Å². The first-order valence-electron chi connectivity index (χ1n) is 13.9. The predicted molar refractivity (Wildman–Crippen MR) is 167 cm³/mol. The topological polar surface area (TPSA) is 107 Å². The molecule has 1 atom stereocenters. The van der Waals surface area contributed by atoms with Gasteiger partial charge in [0.2, 0.25) is 5.91 Å². The molecule has 0 saturated carbocycles. The van der Waals surface area contributed by atoms with Gasteiger partial charge in [0, 0.05) is 37.0 Å². The van der Waals surface area contributed by atoms with Crippen LogP contribution in [-0.4, -0.2) is 57.6 Å². The fraction of sp³-hybridized carbons (Fsp3) is 0.290. The lowest BCUT2D eigenvalue weighted by atomic mass is 9.98. The van der Waals surface area contributed by atoms with Crippen LogP contribution in [0.15, 0.2) is 41.8 Å². The fourth-order valence-electron chi connectivity index (χ4n) is 6.00. The molecule has 2 aromatic heterocycles. The maximum absolute atomic E-state index is 16.7. The van der Waals surface area contributed by atoms with Crippen LogP contribution in [0.25, 0.3) is 27.7 Å². The number of aromatic nitrogens is 3. The lowest BCUT2D eigenvalue weighted by Gasteiger charge is -2.40. The molecule has 1 fully saturated rings. The number of carbonyl (C=O) groups excluding carboxylic acids is 1. The highest BCUT2D eigenvalue weighted by atomic mass is 35.5. The number of halogens is 4. The summed E-state index contributed by atoms with van der Waals surface area (Å²) in [6, 6.07) is 3.78. The molecule has 2 N–H and O–H groups in total. The van der Waals surface area contributed by atoms with Crippen LogP contribution in [0.4, 0.5) is 20.3 Å². The zero-order valence-electron chi connectivity index (χ0n) is 24.1. The summed E-state index contributed by atoms with van der Waals surface area (Å²) in [5, 5.41) is -0.214. The van der Waals surface area contributed by atoms with Gasteiger partial charge in [0.1, 0.15) is 12.4 Å².